The molecule has 1 aromatic heterocycles. The zero-order valence-electron chi connectivity index (χ0n) is 13.7. The van der Waals surface area contributed by atoms with Gasteiger partial charge in [0.05, 0.1) is 6.42 Å². The Morgan fingerprint density at radius 2 is 2.08 bits per heavy atom. The van der Waals surface area contributed by atoms with Gasteiger partial charge in [0.2, 0.25) is 0 Å². The lowest BCUT2D eigenvalue weighted by molar-refractivity contribution is -0.137. The standard InChI is InChI=1S/C18H19FN2O4/c19-15-11-13(10-12-2-1-6-20-17(12)15)18(24)21(7-3-16(22)23)14-4-8-25-9-5-14/h1-2,6,10-11,14H,3-5,7-9H2,(H,22,23). The largest absolute Gasteiger partial charge is 0.481 e. The number of carboxylic acids is 1. The zero-order valence-corrected chi connectivity index (χ0v) is 13.7. The first-order valence-electron chi connectivity index (χ1n) is 8.21. The number of rotatable bonds is 5. The molecule has 1 saturated heterocycles. The van der Waals surface area contributed by atoms with Crippen molar-refractivity contribution in [2.24, 2.45) is 0 Å². The van der Waals surface area contributed by atoms with Crippen LogP contribution in [0.3, 0.4) is 0 Å². The van der Waals surface area contributed by atoms with E-state index < -0.39 is 11.8 Å². The van der Waals surface area contributed by atoms with Crippen molar-refractivity contribution in [3.05, 3.63) is 41.8 Å². The average molecular weight is 346 g/mol. The van der Waals surface area contributed by atoms with Gasteiger partial charge in [-0.25, -0.2) is 4.39 Å². The molecular formula is C18H19FN2O4. The predicted molar refractivity (Wildman–Crippen MR) is 88.8 cm³/mol. The van der Waals surface area contributed by atoms with E-state index >= 15 is 0 Å². The Balaban J connectivity index is 1.91. The second-order valence-corrected chi connectivity index (χ2v) is 6.02. The third kappa shape index (κ3) is 3.93. The van der Waals surface area contributed by atoms with Crippen LogP contribution in [0.25, 0.3) is 10.9 Å². The second kappa shape index (κ2) is 7.57. The summed E-state index contributed by atoms with van der Waals surface area (Å²) in [6.07, 6.45) is 2.63. The molecule has 1 N–H and O–H groups in total. The molecule has 0 atom stereocenters. The fourth-order valence-electron chi connectivity index (χ4n) is 3.10. The van der Waals surface area contributed by atoms with Crippen molar-refractivity contribution < 1.29 is 23.8 Å². The van der Waals surface area contributed by atoms with Crippen molar-refractivity contribution in [1.82, 2.24) is 9.88 Å². The van der Waals surface area contributed by atoms with E-state index in [1.807, 2.05) is 0 Å². The van der Waals surface area contributed by atoms with Gasteiger partial charge in [0, 0.05) is 42.9 Å². The van der Waals surface area contributed by atoms with Crippen LogP contribution in [-0.4, -0.2) is 52.7 Å². The molecule has 132 valence electrons. The maximum atomic E-state index is 14.3. The molecule has 0 unspecified atom stereocenters. The van der Waals surface area contributed by atoms with Crippen molar-refractivity contribution in [2.45, 2.75) is 25.3 Å². The number of fused-ring (bicyclic) bond motifs is 1. The molecule has 1 aliphatic rings. The molecule has 6 nitrogen and oxygen atoms in total. The predicted octanol–water partition coefficient (Wildman–Crippen LogP) is 2.47. The summed E-state index contributed by atoms with van der Waals surface area (Å²) in [5.74, 6) is -1.90. The highest BCUT2D eigenvalue weighted by Crippen LogP contribution is 2.22. The topological polar surface area (TPSA) is 79.7 Å². The SMILES string of the molecule is O=C(O)CCN(C(=O)c1cc(F)c2ncccc2c1)C1CCOCC1. The monoisotopic (exact) mass is 346 g/mol. The third-order valence-corrected chi connectivity index (χ3v) is 4.36. The number of halogens is 1. The average Bonchev–Trinajstić information content (AvgIpc) is 2.62. The minimum absolute atomic E-state index is 0.0888. The Kier molecular flexibility index (Phi) is 5.23. The first kappa shape index (κ1) is 17.3. The molecule has 3 rings (SSSR count). The number of carbonyl (C=O) groups excluding carboxylic acids is 1. The van der Waals surface area contributed by atoms with Gasteiger partial charge in [-0.05, 0) is 31.0 Å². The van der Waals surface area contributed by atoms with Gasteiger partial charge in [-0.2, -0.15) is 0 Å². The van der Waals surface area contributed by atoms with Crippen molar-refractivity contribution in [2.75, 3.05) is 19.8 Å². The summed E-state index contributed by atoms with van der Waals surface area (Å²) in [5.41, 5.74) is 0.414. The molecule has 2 aromatic rings. The molecular weight excluding hydrogens is 327 g/mol. The number of hydrogen-bond acceptors (Lipinski definition) is 4. The van der Waals surface area contributed by atoms with Crippen LogP contribution in [0.15, 0.2) is 30.5 Å². The number of carbonyl (C=O) groups is 2. The van der Waals surface area contributed by atoms with Crippen molar-refractivity contribution >= 4 is 22.8 Å². The van der Waals surface area contributed by atoms with Crippen LogP contribution >= 0.6 is 0 Å². The summed E-state index contributed by atoms with van der Waals surface area (Å²) < 4.78 is 19.6. The van der Waals surface area contributed by atoms with Crippen LogP contribution in [0.4, 0.5) is 4.39 Å². The lowest BCUT2D eigenvalue weighted by Gasteiger charge is -2.34. The lowest BCUT2D eigenvalue weighted by atomic mass is 10.0. The van der Waals surface area contributed by atoms with E-state index in [9.17, 15) is 14.0 Å². The fourth-order valence-corrected chi connectivity index (χ4v) is 3.10. The molecule has 1 fully saturated rings. The highest BCUT2D eigenvalue weighted by molar-refractivity contribution is 5.98. The Hall–Kier alpha value is -2.54. The van der Waals surface area contributed by atoms with Gasteiger partial charge in [0.25, 0.3) is 5.91 Å². The second-order valence-electron chi connectivity index (χ2n) is 6.02. The summed E-state index contributed by atoms with van der Waals surface area (Å²) in [4.78, 5) is 29.4. The molecule has 7 heteroatoms. The smallest absolute Gasteiger partial charge is 0.305 e. The Morgan fingerprint density at radius 3 is 2.80 bits per heavy atom. The number of nitrogens with zero attached hydrogens (tertiary/aromatic N) is 2. The number of ether oxygens (including phenoxy) is 1. The van der Waals surface area contributed by atoms with Gasteiger partial charge < -0.3 is 14.7 Å². The Morgan fingerprint density at radius 1 is 1.32 bits per heavy atom. The molecule has 1 aromatic carbocycles. The van der Waals surface area contributed by atoms with Gasteiger partial charge >= 0.3 is 5.97 Å². The summed E-state index contributed by atoms with van der Waals surface area (Å²) >= 11 is 0. The van der Waals surface area contributed by atoms with Crippen molar-refractivity contribution in [3.8, 4) is 0 Å². The molecule has 0 saturated carbocycles. The van der Waals surface area contributed by atoms with Crippen LogP contribution in [0.2, 0.25) is 0 Å². The normalized spacial score (nSPS) is 15.2. The van der Waals surface area contributed by atoms with Gasteiger partial charge in [-0.1, -0.05) is 6.07 Å². The van der Waals surface area contributed by atoms with Crippen molar-refractivity contribution in [3.63, 3.8) is 0 Å². The summed E-state index contributed by atoms with van der Waals surface area (Å²) in [6, 6.07) is 6.04. The van der Waals surface area contributed by atoms with E-state index in [0.29, 0.717) is 31.4 Å². The molecule has 0 aliphatic carbocycles. The number of benzene rings is 1. The molecule has 2 heterocycles. The van der Waals surface area contributed by atoms with E-state index in [1.165, 1.54) is 17.2 Å². The van der Waals surface area contributed by atoms with E-state index in [4.69, 9.17) is 9.84 Å². The van der Waals surface area contributed by atoms with Crippen LogP contribution in [0, 0.1) is 5.82 Å². The number of aliphatic carboxylic acids is 1. The molecule has 1 aliphatic heterocycles. The fraction of sp³-hybridized carbons (Fsp3) is 0.389. The number of hydrogen-bond donors (Lipinski definition) is 1. The summed E-state index contributed by atoms with van der Waals surface area (Å²) in [7, 11) is 0. The Labute approximate surface area is 144 Å². The molecule has 25 heavy (non-hydrogen) atoms. The van der Waals surface area contributed by atoms with Crippen LogP contribution in [0.5, 0.6) is 0 Å². The zero-order chi connectivity index (χ0) is 17.8. The number of amides is 1. The van der Waals surface area contributed by atoms with Gasteiger partial charge in [0.15, 0.2) is 0 Å². The molecule has 0 spiro atoms. The minimum atomic E-state index is -0.973. The van der Waals surface area contributed by atoms with Crippen LogP contribution in [-0.2, 0) is 9.53 Å². The summed E-state index contributed by atoms with van der Waals surface area (Å²) in [6.45, 7) is 1.14. The van der Waals surface area contributed by atoms with Crippen LogP contribution in [0.1, 0.15) is 29.6 Å². The van der Waals surface area contributed by atoms with E-state index in [2.05, 4.69) is 4.98 Å². The highest BCUT2D eigenvalue weighted by atomic mass is 19.1. The quantitative estimate of drug-likeness (QED) is 0.900. The number of carboxylic acid groups (broad SMARTS) is 1. The molecule has 0 bridgehead atoms. The first-order valence-corrected chi connectivity index (χ1v) is 8.21. The maximum absolute atomic E-state index is 14.3. The van der Waals surface area contributed by atoms with Gasteiger partial charge in [-0.3, -0.25) is 14.6 Å². The number of pyridine rings is 1. The summed E-state index contributed by atoms with van der Waals surface area (Å²) in [5, 5.41) is 9.51. The van der Waals surface area contributed by atoms with Crippen molar-refractivity contribution in [1.29, 1.82) is 0 Å². The van der Waals surface area contributed by atoms with Gasteiger partial charge in [-0.15, -0.1) is 0 Å². The molecule has 0 radical (unpaired) electrons. The third-order valence-electron chi connectivity index (χ3n) is 4.36. The number of aromatic nitrogens is 1. The van der Waals surface area contributed by atoms with E-state index in [-0.39, 0.29) is 36.0 Å². The first-order chi connectivity index (χ1) is 12.1. The minimum Gasteiger partial charge on any atom is -0.481 e. The van der Waals surface area contributed by atoms with E-state index in [0.717, 1.165) is 0 Å². The highest BCUT2D eigenvalue weighted by Gasteiger charge is 2.27. The molecule has 1 amide bonds. The maximum Gasteiger partial charge on any atom is 0.305 e. The van der Waals surface area contributed by atoms with Gasteiger partial charge in [0.1, 0.15) is 11.3 Å². The van der Waals surface area contributed by atoms with Crippen LogP contribution < -0.4 is 0 Å². The van der Waals surface area contributed by atoms with E-state index in [1.54, 1.807) is 18.2 Å². The lowest BCUT2D eigenvalue weighted by Crippen LogP contribution is -2.44. The Bertz CT molecular complexity index is 790.